The van der Waals surface area contributed by atoms with Crippen LogP contribution in [0.5, 0.6) is 0 Å². The highest BCUT2D eigenvalue weighted by Crippen LogP contribution is 2.24. The second-order valence-electron chi connectivity index (χ2n) is 6.52. The molecule has 0 atom stereocenters. The molecule has 0 saturated carbocycles. The minimum atomic E-state index is -0.350. The predicted molar refractivity (Wildman–Crippen MR) is 113 cm³/mol. The molecule has 3 aromatic rings. The van der Waals surface area contributed by atoms with E-state index >= 15 is 0 Å². The monoisotopic (exact) mass is 443 g/mol. The van der Waals surface area contributed by atoms with Gasteiger partial charge in [0, 0.05) is 15.5 Å². The molecule has 0 spiro atoms. The van der Waals surface area contributed by atoms with E-state index in [1.54, 1.807) is 36.4 Å². The summed E-state index contributed by atoms with van der Waals surface area (Å²) in [5, 5.41) is 3.61. The topological polar surface area (TPSA) is 68.5 Å². The van der Waals surface area contributed by atoms with Crippen molar-refractivity contribution in [3.8, 4) is 0 Å². The van der Waals surface area contributed by atoms with Crippen LogP contribution in [0.1, 0.15) is 53.5 Å². The lowest BCUT2D eigenvalue weighted by molar-refractivity contribution is 0.0498. The minimum Gasteiger partial charge on any atom is -0.462 e. The number of unbranched alkanes of at least 4 members (excludes halogenated alkanes) is 3. The average Bonchev–Trinajstić information content (AvgIpc) is 3.11. The smallest absolute Gasteiger partial charge is 0.338 e. The van der Waals surface area contributed by atoms with Gasteiger partial charge in [-0.25, -0.2) is 4.79 Å². The Hall–Kier alpha value is -2.60. The number of esters is 1. The highest BCUT2D eigenvalue weighted by Gasteiger charge is 2.13. The molecule has 2 aromatic carbocycles. The van der Waals surface area contributed by atoms with Crippen molar-refractivity contribution in [3.05, 3.63) is 64.3 Å². The summed E-state index contributed by atoms with van der Waals surface area (Å²) < 4.78 is 11.8. The number of rotatable bonds is 8. The van der Waals surface area contributed by atoms with Crippen LogP contribution in [-0.2, 0) is 4.74 Å². The number of fused-ring (bicyclic) bond motifs is 1. The van der Waals surface area contributed by atoms with Crippen LogP contribution in [0.25, 0.3) is 11.0 Å². The Morgan fingerprint density at radius 1 is 1.04 bits per heavy atom. The third-order valence-corrected chi connectivity index (χ3v) is 4.80. The van der Waals surface area contributed by atoms with Gasteiger partial charge in [-0.2, -0.15) is 0 Å². The van der Waals surface area contributed by atoms with Crippen LogP contribution in [0.15, 0.2) is 57.4 Å². The average molecular weight is 444 g/mol. The lowest BCUT2D eigenvalue weighted by atomic mass is 10.2. The first-order valence-corrected chi connectivity index (χ1v) is 10.1. The zero-order valence-electron chi connectivity index (χ0n) is 15.7. The van der Waals surface area contributed by atoms with Crippen LogP contribution >= 0.6 is 15.9 Å². The molecule has 1 N–H and O–H groups in total. The molecular formula is C22H22BrNO4. The number of hydrogen-bond donors (Lipinski definition) is 1. The van der Waals surface area contributed by atoms with Crippen molar-refractivity contribution in [2.75, 3.05) is 11.9 Å². The van der Waals surface area contributed by atoms with E-state index < -0.39 is 0 Å². The molecule has 1 amide bonds. The molecule has 0 fully saturated rings. The SMILES string of the molecule is CCCCCCOC(=O)c1ccc(NC(=O)c2cc3cc(Br)ccc3o2)cc1. The van der Waals surface area contributed by atoms with Crippen LogP contribution in [-0.4, -0.2) is 18.5 Å². The Bertz CT molecular complexity index is 962. The van der Waals surface area contributed by atoms with Gasteiger partial charge in [0.05, 0.1) is 12.2 Å². The second-order valence-corrected chi connectivity index (χ2v) is 7.44. The molecule has 0 saturated heterocycles. The molecule has 0 aliphatic rings. The molecule has 0 bridgehead atoms. The maximum absolute atomic E-state index is 12.4. The van der Waals surface area contributed by atoms with Crippen LogP contribution in [0.2, 0.25) is 0 Å². The van der Waals surface area contributed by atoms with Gasteiger partial charge >= 0.3 is 5.97 Å². The molecule has 0 radical (unpaired) electrons. The quantitative estimate of drug-likeness (QED) is 0.333. The van der Waals surface area contributed by atoms with E-state index in [4.69, 9.17) is 9.15 Å². The van der Waals surface area contributed by atoms with Crippen molar-refractivity contribution >= 4 is 44.5 Å². The maximum atomic E-state index is 12.4. The summed E-state index contributed by atoms with van der Waals surface area (Å²) in [6.07, 6.45) is 4.23. The summed E-state index contributed by atoms with van der Waals surface area (Å²) >= 11 is 3.40. The minimum absolute atomic E-state index is 0.226. The van der Waals surface area contributed by atoms with Gasteiger partial charge in [0.15, 0.2) is 5.76 Å². The lowest BCUT2D eigenvalue weighted by Gasteiger charge is -2.06. The lowest BCUT2D eigenvalue weighted by Crippen LogP contribution is -2.11. The standard InChI is InChI=1S/C22H22BrNO4/c1-2-3-4-5-12-27-22(26)15-6-9-18(10-7-15)24-21(25)20-14-16-13-17(23)8-11-19(16)28-20/h6-11,13-14H,2-5,12H2,1H3,(H,24,25). The van der Waals surface area contributed by atoms with E-state index in [1.165, 1.54) is 0 Å². The van der Waals surface area contributed by atoms with Crippen LogP contribution in [0, 0.1) is 0 Å². The summed E-state index contributed by atoms with van der Waals surface area (Å²) in [4.78, 5) is 24.4. The number of amides is 1. The predicted octanol–water partition coefficient (Wildman–Crippen LogP) is 6.18. The Morgan fingerprint density at radius 3 is 2.57 bits per heavy atom. The van der Waals surface area contributed by atoms with Gasteiger partial charge in [-0.05, 0) is 55.0 Å². The molecule has 146 valence electrons. The van der Waals surface area contributed by atoms with E-state index in [2.05, 4.69) is 28.2 Å². The van der Waals surface area contributed by atoms with E-state index in [1.807, 2.05) is 12.1 Å². The number of ether oxygens (including phenoxy) is 1. The van der Waals surface area contributed by atoms with Gasteiger partial charge in [-0.15, -0.1) is 0 Å². The molecule has 0 aliphatic carbocycles. The maximum Gasteiger partial charge on any atom is 0.338 e. The molecular weight excluding hydrogens is 422 g/mol. The normalized spacial score (nSPS) is 10.8. The summed E-state index contributed by atoms with van der Waals surface area (Å²) in [7, 11) is 0. The van der Waals surface area contributed by atoms with Crippen molar-refractivity contribution in [2.45, 2.75) is 32.6 Å². The van der Waals surface area contributed by atoms with Crippen LogP contribution in [0.3, 0.4) is 0 Å². The number of nitrogens with one attached hydrogen (secondary N) is 1. The van der Waals surface area contributed by atoms with E-state index in [0.717, 1.165) is 35.5 Å². The summed E-state index contributed by atoms with van der Waals surface area (Å²) in [6, 6.07) is 13.9. The summed E-state index contributed by atoms with van der Waals surface area (Å²) in [6.45, 7) is 2.57. The van der Waals surface area contributed by atoms with E-state index in [-0.39, 0.29) is 17.6 Å². The number of carbonyl (C=O) groups is 2. The first kappa shape index (κ1) is 20.1. The fourth-order valence-corrected chi connectivity index (χ4v) is 3.16. The third-order valence-electron chi connectivity index (χ3n) is 4.31. The van der Waals surface area contributed by atoms with Crippen molar-refractivity contribution in [3.63, 3.8) is 0 Å². The molecule has 1 aromatic heterocycles. The largest absolute Gasteiger partial charge is 0.462 e. The Morgan fingerprint density at radius 2 is 1.82 bits per heavy atom. The fourth-order valence-electron chi connectivity index (χ4n) is 2.79. The van der Waals surface area contributed by atoms with Crippen LogP contribution < -0.4 is 5.32 Å². The molecule has 3 rings (SSSR count). The van der Waals surface area contributed by atoms with Gasteiger partial charge in [0.1, 0.15) is 5.58 Å². The van der Waals surface area contributed by atoms with Crippen LogP contribution in [0.4, 0.5) is 5.69 Å². The number of hydrogen-bond acceptors (Lipinski definition) is 4. The number of benzene rings is 2. The first-order chi connectivity index (χ1) is 13.6. The number of furan rings is 1. The first-order valence-electron chi connectivity index (χ1n) is 9.34. The molecule has 1 heterocycles. The van der Waals surface area contributed by atoms with E-state index in [0.29, 0.717) is 23.4 Å². The van der Waals surface area contributed by atoms with Gasteiger partial charge in [-0.3, -0.25) is 4.79 Å². The Kier molecular flexibility index (Phi) is 6.87. The zero-order valence-corrected chi connectivity index (χ0v) is 17.3. The van der Waals surface area contributed by atoms with E-state index in [9.17, 15) is 9.59 Å². The number of halogens is 1. The zero-order chi connectivity index (χ0) is 19.9. The summed E-state index contributed by atoms with van der Waals surface area (Å²) in [5.74, 6) is -0.473. The van der Waals surface area contributed by atoms with Gasteiger partial charge < -0.3 is 14.5 Å². The highest BCUT2D eigenvalue weighted by atomic mass is 79.9. The molecule has 6 heteroatoms. The Labute approximate surface area is 172 Å². The van der Waals surface area contributed by atoms with Crippen molar-refractivity contribution in [1.82, 2.24) is 0 Å². The molecule has 5 nitrogen and oxygen atoms in total. The molecule has 0 aliphatic heterocycles. The fraction of sp³-hybridized carbons (Fsp3) is 0.273. The van der Waals surface area contributed by atoms with Crippen molar-refractivity contribution < 1.29 is 18.7 Å². The van der Waals surface area contributed by atoms with Gasteiger partial charge in [0.2, 0.25) is 0 Å². The third kappa shape index (κ3) is 5.23. The molecule has 0 unspecified atom stereocenters. The van der Waals surface area contributed by atoms with Crippen molar-refractivity contribution in [1.29, 1.82) is 0 Å². The number of anilines is 1. The van der Waals surface area contributed by atoms with Gasteiger partial charge in [0.25, 0.3) is 5.91 Å². The second kappa shape index (κ2) is 9.55. The van der Waals surface area contributed by atoms with Gasteiger partial charge in [-0.1, -0.05) is 42.1 Å². The summed E-state index contributed by atoms with van der Waals surface area (Å²) in [5.41, 5.74) is 1.68. The molecule has 28 heavy (non-hydrogen) atoms. The Balaban J connectivity index is 1.57. The highest BCUT2D eigenvalue weighted by molar-refractivity contribution is 9.10. The van der Waals surface area contributed by atoms with Crippen molar-refractivity contribution in [2.24, 2.45) is 0 Å². The number of carbonyl (C=O) groups excluding carboxylic acids is 2.